The van der Waals surface area contributed by atoms with Crippen molar-refractivity contribution < 1.29 is 4.74 Å². The number of rotatable bonds is 7. The van der Waals surface area contributed by atoms with Gasteiger partial charge in [0.2, 0.25) is 11.8 Å². The molecule has 11 heteroatoms. The molecule has 0 spiro atoms. The maximum atomic E-state index is 6.86. The lowest BCUT2D eigenvalue weighted by Gasteiger charge is -2.34. The third-order valence-corrected chi connectivity index (χ3v) is 7.61. The van der Waals surface area contributed by atoms with Gasteiger partial charge in [0.15, 0.2) is 0 Å². The molecule has 3 heterocycles. The van der Waals surface area contributed by atoms with Gasteiger partial charge in [-0.25, -0.2) is 4.98 Å². The van der Waals surface area contributed by atoms with Crippen LogP contribution in [-0.4, -0.2) is 57.9 Å². The minimum atomic E-state index is 0.224. The highest BCUT2D eigenvalue weighted by Gasteiger charge is 2.22. The molecule has 5 rings (SSSR count). The van der Waals surface area contributed by atoms with Crippen molar-refractivity contribution in [3.8, 4) is 22.9 Å². The van der Waals surface area contributed by atoms with Gasteiger partial charge in [-0.1, -0.05) is 53.5 Å². The fraction of sp³-hybridized carbons (Fsp3) is 0.269. The summed E-state index contributed by atoms with van der Waals surface area (Å²) in [5.74, 6) is 1.07. The molecule has 4 aromatic rings. The molecule has 0 radical (unpaired) electrons. The lowest BCUT2D eigenvalue weighted by molar-refractivity contribution is 0.313. The van der Waals surface area contributed by atoms with Gasteiger partial charge in [-0.05, 0) is 43.6 Å². The Hall–Kier alpha value is -2.98. The maximum absolute atomic E-state index is 6.86. The Kier molecular flexibility index (Phi) is 7.76. The second-order valence-electron chi connectivity index (χ2n) is 8.87. The lowest BCUT2D eigenvalue weighted by atomic mass is 10.1. The minimum Gasteiger partial charge on any atom is -0.436 e. The number of aryl methyl sites for hydroxylation is 2. The molecule has 0 unspecified atom stereocenters. The lowest BCUT2D eigenvalue weighted by Crippen LogP contribution is -2.44. The highest BCUT2D eigenvalue weighted by Crippen LogP contribution is 2.41. The van der Waals surface area contributed by atoms with E-state index in [4.69, 9.17) is 32.9 Å². The van der Waals surface area contributed by atoms with Crippen LogP contribution >= 0.6 is 35.1 Å². The first-order chi connectivity index (χ1) is 17.9. The quantitative estimate of drug-likeness (QED) is 0.272. The predicted molar refractivity (Wildman–Crippen MR) is 151 cm³/mol. The van der Waals surface area contributed by atoms with E-state index in [1.165, 1.54) is 11.9 Å². The van der Waals surface area contributed by atoms with Crippen LogP contribution in [0.5, 0.6) is 11.6 Å². The summed E-state index contributed by atoms with van der Waals surface area (Å²) in [6.07, 6.45) is 3.66. The fourth-order valence-corrected chi connectivity index (χ4v) is 5.20. The summed E-state index contributed by atoms with van der Waals surface area (Å²) in [5.41, 5.74) is 3.44. The summed E-state index contributed by atoms with van der Waals surface area (Å²) in [4.78, 5) is 14.8. The molecule has 1 aliphatic heterocycles. The Morgan fingerprint density at radius 3 is 2.46 bits per heavy atom. The van der Waals surface area contributed by atoms with E-state index in [1.54, 1.807) is 10.9 Å². The standard InChI is InChI=1S/C26H27Cl2N7OS/c1-17-7-4-5-8-19(17)24-23(28)25(31-26(30-24)32-37-18-15-29-34(3)16-18)36-21-10-6-9-20(22(21)27)35-13-11-33(2)12-14-35/h4-10,15-16H,11-14H2,1-3H3,(H,30,31,32). The molecule has 2 aromatic heterocycles. The smallest absolute Gasteiger partial charge is 0.243 e. The summed E-state index contributed by atoms with van der Waals surface area (Å²) in [6.45, 7) is 5.75. The monoisotopic (exact) mass is 555 g/mol. The zero-order valence-corrected chi connectivity index (χ0v) is 23.1. The minimum absolute atomic E-state index is 0.224. The highest BCUT2D eigenvalue weighted by molar-refractivity contribution is 8.00. The van der Waals surface area contributed by atoms with E-state index >= 15 is 0 Å². The second-order valence-corrected chi connectivity index (χ2v) is 10.5. The summed E-state index contributed by atoms with van der Waals surface area (Å²) in [7, 11) is 3.99. The Balaban J connectivity index is 1.50. The number of hydrogen-bond acceptors (Lipinski definition) is 8. The van der Waals surface area contributed by atoms with E-state index in [-0.39, 0.29) is 5.88 Å². The van der Waals surface area contributed by atoms with Gasteiger partial charge in [0.1, 0.15) is 15.8 Å². The van der Waals surface area contributed by atoms with E-state index in [1.807, 2.05) is 62.6 Å². The van der Waals surface area contributed by atoms with Crippen LogP contribution in [0.25, 0.3) is 11.3 Å². The number of ether oxygens (including phenoxy) is 1. The Bertz CT molecular complexity index is 1410. The van der Waals surface area contributed by atoms with Crippen molar-refractivity contribution in [3.63, 3.8) is 0 Å². The van der Waals surface area contributed by atoms with Gasteiger partial charge in [0.05, 0.1) is 22.5 Å². The molecule has 0 aliphatic carbocycles. The molecule has 1 fully saturated rings. The zero-order valence-electron chi connectivity index (χ0n) is 20.8. The largest absolute Gasteiger partial charge is 0.436 e. The molecule has 1 N–H and O–H groups in total. The molecule has 37 heavy (non-hydrogen) atoms. The van der Waals surface area contributed by atoms with Gasteiger partial charge in [-0.15, -0.1) is 0 Å². The summed E-state index contributed by atoms with van der Waals surface area (Å²) in [5, 5.41) is 5.04. The van der Waals surface area contributed by atoms with E-state index in [0.717, 1.165) is 47.9 Å². The maximum Gasteiger partial charge on any atom is 0.243 e. The number of piperazine rings is 1. The molecule has 8 nitrogen and oxygen atoms in total. The molecule has 2 aromatic carbocycles. The number of likely N-dealkylation sites (N-methyl/N-ethyl adjacent to an activating group) is 1. The van der Waals surface area contributed by atoms with Gasteiger partial charge in [-0.3, -0.25) is 9.40 Å². The molecule has 1 aliphatic rings. The molecule has 0 atom stereocenters. The summed E-state index contributed by atoms with van der Waals surface area (Å²) < 4.78 is 11.2. The van der Waals surface area contributed by atoms with Crippen LogP contribution in [0.2, 0.25) is 10.0 Å². The van der Waals surface area contributed by atoms with E-state index in [2.05, 4.69) is 31.7 Å². The predicted octanol–water partition coefficient (Wildman–Crippen LogP) is 6.16. The number of aromatic nitrogens is 4. The van der Waals surface area contributed by atoms with Crippen LogP contribution in [0.3, 0.4) is 0 Å². The molecule has 0 saturated carbocycles. The number of benzene rings is 2. The van der Waals surface area contributed by atoms with E-state index in [9.17, 15) is 0 Å². The molecular formula is C26H27Cl2N7OS. The van der Waals surface area contributed by atoms with Gasteiger partial charge in [-0.2, -0.15) is 10.1 Å². The van der Waals surface area contributed by atoms with Gasteiger partial charge in [0, 0.05) is 45.0 Å². The van der Waals surface area contributed by atoms with Crippen LogP contribution in [0.1, 0.15) is 5.56 Å². The van der Waals surface area contributed by atoms with Crippen molar-refractivity contribution in [2.24, 2.45) is 7.05 Å². The van der Waals surface area contributed by atoms with Crippen molar-refractivity contribution in [2.45, 2.75) is 11.8 Å². The van der Waals surface area contributed by atoms with Crippen LogP contribution in [-0.2, 0) is 7.05 Å². The number of nitrogens with zero attached hydrogens (tertiary/aromatic N) is 6. The Morgan fingerprint density at radius 1 is 0.946 bits per heavy atom. The highest BCUT2D eigenvalue weighted by atomic mass is 35.5. The second kappa shape index (κ2) is 11.2. The van der Waals surface area contributed by atoms with Crippen molar-refractivity contribution in [1.29, 1.82) is 0 Å². The normalized spacial score (nSPS) is 14.1. The Labute approximate surface area is 230 Å². The first-order valence-corrected chi connectivity index (χ1v) is 13.4. The van der Waals surface area contributed by atoms with E-state index < -0.39 is 0 Å². The van der Waals surface area contributed by atoms with Crippen molar-refractivity contribution in [3.05, 3.63) is 70.5 Å². The summed E-state index contributed by atoms with van der Waals surface area (Å²) >= 11 is 15.1. The van der Waals surface area contributed by atoms with Crippen LogP contribution < -0.4 is 14.4 Å². The molecule has 0 amide bonds. The number of nitrogens with one attached hydrogen (secondary N) is 1. The number of anilines is 2. The van der Waals surface area contributed by atoms with Gasteiger partial charge >= 0.3 is 0 Å². The average molecular weight is 557 g/mol. The SMILES string of the molecule is Cc1ccccc1-c1nc(NSc2cnn(C)c2)nc(Oc2cccc(N3CCN(C)CC3)c2Cl)c1Cl. The number of halogens is 2. The van der Waals surface area contributed by atoms with Crippen molar-refractivity contribution >= 4 is 46.8 Å². The van der Waals surface area contributed by atoms with Crippen molar-refractivity contribution in [2.75, 3.05) is 42.8 Å². The zero-order chi connectivity index (χ0) is 25.9. The first-order valence-electron chi connectivity index (χ1n) is 11.8. The molecular weight excluding hydrogens is 529 g/mol. The number of hydrogen-bond donors (Lipinski definition) is 1. The topological polar surface area (TPSA) is 71.3 Å². The molecule has 192 valence electrons. The first kappa shape index (κ1) is 25.7. The Morgan fingerprint density at radius 2 is 1.73 bits per heavy atom. The average Bonchev–Trinajstić information content (AvgIpc) is 3.31. The van der Waals surface area contributed by atoms with Gasteiger partial charge < -0.3 is 14.5 Å². The third-order valence-electron chi connectivity index (χ3n) is 6.16. The van der Waals surface area contributed by atoms with E-state index in [0.29, 0.717) is 27.4 Å². The van der Waals surface area contributed by atoms with Crippen molar-refractivity contribution in [1.82, 2.24) is 24.6 Å². The van der Waals surface area contributed by atoms with Crippen LogP contribution in [0.4, 0.5) is 11.6 Å². The molecule has 1 saturated heterocycles. The fourth-order valence-electron chi connectivity index (χ4n) is 4.09. The van der Waals surface area contributed by atoms with Gasteiger partial charge in [0.25, 0.3) is 0 Å². The van der Waals surface area contributed by atoms with Crippen LogP contribution in [0, 0.1) is 6.92 Å². The molecule has 0 bridgehead atoms. The third kappa shape index (κ3) is 5.80. The van der Waals surface area contributed by atoms with Crippen LogP contribution in [0.15, 0.2) is 59.8 Å². The summed E-state index contributed by atoms with van der Waals surface area (Å²) in [6, 6.07) is 13.7.